The molecule has 1 aliphatic heterocycles. The standard InChI is InChI=1S/C16H15F3N2/c17-16(18,19)11-21-14-9-5-4-8-13(14)20-10-15(21)12-6-2-1-3-7-12/h1-9,15,20H,10-11H2. The predicted octanol–water partition coefficient (Wildman–Crippen LogP) is 4.22. The van der Waals surface area contributed by atoms with E-state index in [0.29, 0.717) is 12.2 Å². The van der Waals surface area contributed by atoms with Gasteiger partial charge in [0.05, 0.1) is 17.4 Å². The lowest BCUT2D eigenvalue weighted by molar-refractivity contribution is -0.120. The van der Waals surface area contributed by atoms with Gasteiger partial charge in [0.2, 0.25) is 0 Å². The van der Waals surface area contributed by atoms with E-state index < -0.39 is 12.7 Å². The minimum atomic E-state index is -4.24. The second-order valence-electron chi connectivity index (χ2n) is 5.07. The Hall–Kier alpha value is -2.17. The first-order chi connectivity index (χ1) is 10.0. The van der Waals surface area contributed by atoms with Crippen molar-refractivity contribution in [2.75, 3.05) is 23.3 Å². The zero-order chi connectivity index (χ0) is 14.9. The van der Waals surface area contributed by atoms with Gasteiger partial charge in [0, 0.05) is 6.54 Å². The molecule has 1 N–H and O–H groups in total. The van der Waals surface area contributed by atoms with E-state index >= 15 is 0 Å². The molecular formula is C16H15F3N2. The molecule has 21 heavy (non-hydrogen) atoms. The van der Waals surface area contributed by atoms with E-state index in [4.69, 9.17) is 0 Å². The summed E-state index contributed by atoms with van der Waals surface area (Å²) >= 11 is 0. The number of anilines is 2. The maximum absolute atomic E-state index is 13.0. The fraction of sp³-hybridized carbons (Fsp3) is 0.250. The largest absolute Gasteiger partial charge is 0.405 e. The number of hydrogen-bond donors (Lipinski definition) is 1. The lowest BCUT2D eigenvalue weighted by atomic mass is 10.0. The molecule has 3 rings (SSSR count). The molecule has 0 amide bonds. The Morgan fingerprint density at radius 1 is 1.00 bits per heavy atom. The van der Waals surface area contributed by atoms with Gasteiger partial charge in [0.25, 0.3) is 0 Å². The summed E-state index contributed by atoms with van der Waals surface area (Å²) in [5.74, 6) is 0. The number of hydrogen-bond acceptors (Lipinski definition) is 2. The van der Waals surface area contributed by atoms with Crippen LogP contribution in [-0.2, 0) is 0 Å². The number of fused-ring (bicyclic) bond motifs is 1. The fourth-order valence-electron chi connectivity index (χ4n) is 2.72. The molecule has 0 aromatic heterocycles. The van der Waals surface area contributed by atoms with Crippen molar-refractivity contribution in [2.45, 2.75) is 12.2 Å². The zero-order valence-electron chi connectivity index (χ0n) is 11.3. The van der Waals surface area contributed by atoms with E-state index in [1.165, 1.54) is 4.90 Å². The Balaban J connectivity index is 2.01. The van der Waals surface area contributed by atoms with Crippen LogP contribution in [0.3, 0.4) is 0 Å². The number of benzene rings is 2. The Morgan fingerprint density at radius 3 is 2.38 bits per heavy atom. The molecule has 1 atom stereocenters. The summed E-state index contributed by atoms with van der Waals surface area (Å²) in [5, 5.41) is 3.22. The van der Waals surface area contributed by atoms with Gasteiger partial charge in [0.15, 0.2) is 0 Å². The van der Waals surface area contributed by atoms with Crippen LogP contribution in [0.1, 0.15) is 11.6 Å². The minimum Gasteiger partial charge on any atom is -0.381 e. The van der Waals surface area contributed by atoms with Crippen LogP contribution in [0.4, 0.5) is 24.5 Å². The molecule has 0 aliphatic carbocycles. The molecule has 2 nitrogen and oxygen atoms in total. The topological polar surface area (TPSA) is 15.3 Å². The smallest absolute Gasteiger partial charge is 0.381 e. The summed E-state index contributed by atoms with van der Waals surface area (Å²) in [5.41, 5.74) is 2.22. The van der Waals surface area contributed by atoms with Gasteiger partial charge in [0.1, 0.15) is 6.54 Å². The second kappa shape index (κ2) is 5.31. The molecule has 1 unspecified atom stereocenters. The van der Waals surface area contributed by atoms with Crippen molar-refractivity contribution in [3.05, 3.63) is 60.2 Å². The van der Waals surface area contributed by atoms with E-state index in [9.17, 15) is 13.2 Å². The van der Waals surface area contributed by atoms with Gasteiger partial charge in [-0.05, 0) is 17.7 Å². The van der Waals surface area contributed by atoms with Crippen LogP contribution in [-0.4, -0.2) is 19.3 Å². The highest BCUT2D eigenvalue weighted by molar-refractivity contribution is 5.73. The summed E-state index contributed by atoms with van der Waals surface area (Å²) in [6, 6.07) is 16.1. The van der Waals surface area contributed by atoms with Crippen molar-refractivity contribution in [3.63, 3.8) is 0 Å². The molecule has 0 radical (unpaired) electrons. The average Bonchev–Trinajstić information content (AvgIpc) is 2.47. The number of halogens is 3. The highest BCUT2D eigenvalue weighted by atomic mass is 19.4. The van der Waals surface area contributed by atoms with Crippen LogP contribution < -0.4 is 10.2 Å². The van der Waals surface area contributed by atoms with Crippen LogP contribution in [0.15, 0.2) is 54.6 Å². The van der Waals surface area contributed by atoms with Crippen molar-refractivity contribution < 1.29 is 13.2 Å². The van der Waals surface area contributed by atoms with Crippen LogP contribution in [0.2, 0.25) is 0 Å². The molecule has 1 aliphatic rings. The van der Waals surface area contributed by atoms with Gasteiger partial charge >= 0.3 is 6.18 Å². The lowest BCUT2D eigenvalue weighted by Crippen LogP contribution is -2.43. The van der Waals surface area contributed by atoms with Crippen molar-refractivity contribution in [1.82, 2.24) is 0 Å². The first-order valence-corrected chi connectivity index (χ1v) is 6.76. The number of alkyl halides is 3. The molecule has 5 heteroatoms. The predicted molar refractivity (Wildman–Crippen MR) is 77.5 cm³/mol. The van der Waals surface area contributed by atoms with Gasteiger partial charge in [-0.25, -0.2) is 0 Å². The van der Waals surface area contributed by atoms with E-state index in [1.54, 1.807) is 18.2 Å². The summed E-state index contributed by atoms with van der Waals surface area (Å²) < 4.78 is 38.9. The number of nitrogens with one attached hydrogen (secondary N) is 1. The first-order valence-electron chi connectivity index (χ1n) is 6.76. The second-order valence-corrected chi connectivity index (χ2v) is 5.07. The SMILES string of the molecule is FC(F)(F)CN1c2ccccc2NCC1c1ccccc1. The molecule has 0 saturated carbocycles. The molecule has 0 bridgehead atoms. The van der Waals surface area contributed by atoms with E-state index in [2.05, 4.69) is 5.32 Å². The number of rotatable bonds is 2. The number of para-hydroxylation sites is 2. The first kappa shape index (κ1) is 13.8. The normalized spacial score (nSPS) is 18.0. The lowest BCUT2D eigenvalue weighted by Gasteiger charge is -2.40. The summed E-state index contributed by atoms with van der Waals surface area (Å²) in [7, 11) is 0. The van der Waals surface area contributed by atoms with E-state index in [-0.39, 0.29) is 6.04 Å². The molecule has 2 aromatic rings. The van der Waals surface area contributed by atoms with E-state index in [1.807, 2.05) is 36.4 Å². The summed E-state index contributed by atoms with van der Waals surface area (Å²) in [4.78, 5) is 1.43. The summed E-state index contributed by atoms with van der Waals surface area (Å²) in [6.07, 6.45) is -4.24. The van der Waals surface area contributed by atoms with E-state index in [0.717, 1.165) is 11.3 Å². The van der Waals surface area contributed by atoms with Crippen LogP contribution >= 0.6 is 0 Å². The molecule has 0 spiro atoms. The van der Waals surface area contributed by atoms with Crippen LogP contribution in [0.5, 0.6) is 0 Å². The molecular weight excluding hydrogens is 277 g/mol. The van der Waals surface area contributed by atoms with Gasteiger partial charge in [-0.1, -0.05) is 42.5 Å². The molecule has 0 saturated heterocycles. The average molecular weight is 292 g/mol. The quantitative estimate of drug-likeness (QED) is 0.891. The highest BCUT2D eigenvalue weighted by Gasteiger charge is 2.37. The van der Waals surface area contributed by atoms with Crippen LogP contribution in [0.25, 0.3) is 0 Å². The maximum atomic E-state index is 13.0. The van der Waals surface area contributed by atoms with Crippen molar-refractivity contribution >= 4 is 11.4 Å². The van der Waals surface area contributed by atoms with Crippen molar-refractivity contribution in [3.8, 4) is 0 Å². The third-order valence-electron chi connectivity index (χ3n) is 3.61. The van der Waals surface area contributed by atoms with Crippen molar-refractivity contribution in [1.29, 1.82) is 0 Å². The Morgan fingerprint density at radius 2 is 1.67 bits per heavy atom. The zero-order valence-corrected chi connectivity index (χ0v) is 11.3. The van der Waals surface area contributed by atoms with Gasteiger partial charge in [-0.15, -0.1) is 0 Å². The Kier molecular flexibility index (Phi) is 3.49. The molecule has 1 heterocycles. The third kappa shape index (κ3) is 2.96. The van der Waals surface area contributed by atoms with Crippen molar-refractivity contribution in [2.24, 2.45) is 0 Å². The van der Waals surface area contributed by atoms with Gasteiger partial charge in [-0.2, -0.15) is 13.2 Å². The Bertz CT molecular complexity index is 610. The van der Waals surface area contributed by atoms with Crippen LogP contribution in [0, 0.1) is 0 Å². The fourth-order valence-corrected chi connectivity index (χ4v) is 2.72. The number of nitrogens with zero attached hydrogens (tertiary/aromatic N) is 1. The van der Waals surface area contributed by atoms with Gasteiger partial charge < -0.3 is 10.2 Å². The third-order valence-corrected chi connectivity index (χ3v) is 3.61. The van der Waals surface area contributed by atoms with Gasteiger partial charge in [-0.3, -0.25) is 0 Å². The Labute approximate surface area is 121 Å². The summed E-state index contributed by atoms with van der Waals surface area (Å²) in [6.45, 7) is -0.498. The highest BCUT2D eigenvalue weighted by Crippen LogP contribution is 2.39. The minimum absolute atomic E-state index is 0.331. The molecule has 2 aromatic carbocycles. The monoisotopic (exact) mass is 292 g/mol. The molecule has 110 valence electrons. The molecule has 0 fully saturated rings. The maximum Gasteiger partial charge on any atom is 0.405 e.